The molecule has 0 radical (unpaired) electrons. The van der Waals surface area contributed by atoms with E-state index in [1.807, 2.05) is 6.07 Å². The van der Waals surface area contributed by atoms with Crippen LogP contribution < -0.4 is 5.32 Å². The highest BCUT2D eigenvalue weighted by molar-refractivity contribution is 5.52. The van der Waals surface area contributed by atoms with Gasteiger partial charge in [-0.2, -0.15) is 0 Å². The van der Waals surface area contributed by atoms with Crippen LogP contribution in [0.4, 0.5) is 5.69 Å². The van der Waals surface area contributed by atoms with Crippen molar-refractivity contribution < 1.29 is 9.84 Å². The van der Waals surface area contributed by atoms with Gasteiger partial charge >= 0.3 is 0 Å². The van der Waals surface area contributed by atoms with Gasteiger partial charge in [-0.3, -0.25) is 0 Å². The van der Waals surface area contributed by atoms with E-state index in [-0.39, 0.29) is 0 Å². The normalized spacial score (nSPS) is 12.9. The highest BCUT2D eigenvalue weighted by atomic mass is 16.5. The van der Waals surface area contributed by atoms with E-state index in [9.17, 15) is 5.11 Å². The van der Waals surface area contributed by atoms with Crippen LogP contribution in [0.2, 0.25) is 0 Å². The zero-order valence-electron chi connectivity index (χ0n) is 13.9. The molecule has 0 saturated heterocycles. The molecule has 120 valence electrons. The van der Waals surface area contributed by atoms with E-state index in [1.54, 1.807) is 0 Å². The lowest BCUT2D eigenvalue weighted by Gasteiger charge is -2.17. The highest BCUT2D eigenvalue weighted by Crippen LogP contribution is 2.23. The zero-order valence-corrected chi connectivity index (χ0v) is 13.9. The maximum absolute atomic E-state index is 9.96. The molecule has 2 N–H and O–H groups in total. The van der Waals surface area contributed by atoms with Gasteiger partial charge in [-0.25, -0.2) is 0 Å². The first-order valence-corrected chi connectivity index (χ1v) is 8.09. The standard InChI is InChI=1S/C18H31NO2/c1-14(2)8-7-11-21-13-16(20)12-19-18-10-6-5-9-17(18)15(3)4/h5-6,9-10,14-16,19-20H,7-8,11-13H2,1-4H3. The molecular formula is C18H31NO2. The number of para-hydroxylation sites is 1. The molecule has 0 aliphatic rings. The molecular weight excluding hydrogens is 262 g/mol. The Kier molecular flexibility index (Phi) is 8.40. The Hall–Kier alpha value is -1.06. The number of rotatable bonds is 10. The summed E-state index contributed by atoms with van der Waals surface area (Å²) in [6.45, 7) is 10.4. The van der Waals surface area contributed by atoms with Gasteiger partial charge in [-0.1, -0.05) is 45.9 Å². The Morgan fingerprint density at radius 2 is 1.86 bits per heavy atom. The molecule has 1 rings (SSSR count). The fraction of sp³-hybridized carbons (Fsp3) is 0.667. The van der Waals surface area contributed by atoms with Gasteiger partial charge in [0.1, 0.15) is 0 Å². The molecule has 21 heavy (non-hydrogen) atoms. The first-order chi connectivity index (χ1) is 10.0. The minimum atomic E-state index is -0.468. The van der Waals surface area contributed by atoms with E-state index in [1.165, 1.54) is 12.0 Å². The van der Waals surface area contributed by atoms with Crippen molar-refractivity contribution in [2.45, 2.75) is 52.6 Å². The van der Waals surface area contributed by atoms with E-state index in [0.29, 0.717) is 25.0 Å². The number of anilines is 1. The predicted molar refractivity (Wildman–Crippen MR) is 89.9 cm³/mol. The molecule has 1 aromatic rings. The molecule has 1 aromatic carbocycles. The molecule has 0 aromatic heterocycles. The molecule has 3 heteroatoms. The molecule has 0 aliphatic carbocycles. The lowest BCUT2D eigenvalue weighted by Crippen LogP contribution is -2.25. The molecule has 0 saturated carbocycles. The third-order valence-electron chi connectivity index (χ3n) is 3.49. The Morgan fingerprint density at radius 3 is 2.52 bits per heavy atom. The zero-order chi connectivity index (χ0) is 15.7. The van der Waals surface area contributed by atoms with Gasteiger partial charge in [0.15, 0.2) is 0 Å². The number of hydrogen-bond acceptors (Lipinski definition) is 3. The van der Waals surface area contributed by atoms with Crippen LogP contribution in [0.1, 0.15) is 52.0 Å². The second-order valence-electron chi connectivity index (χ2n) is 6.39. The van der Waals surface area contributed by atoms with Gasteiger partial charge < -0.3 is 15.2 Å². The lowest BCUT2D eigenvalue weighted by atomic mass is 10.0. The summed E-state index contributed by atoms with van der Waals surface area (Å²) < 4.78 is 5.52. The van der Waals surface area contributed by atoms with E-state index in [4.69, 9.17) is 4.74 Å². The van der Waals surface area contributed by atoms with Crippen molar-refractivity contribution >= 4 is 5.69 Å². The molecule has 1 atom stereocenters. The van der Waals surface area contributed by atoms with Gasteiger partial charge in [-0.05, 0) is 36.3 Å². The maximum atomic E-state index is 9.96. The Morgan fingerprint density at radius 1 is 1.14 bits per heavy atom. The second kappa shape index (κ2) is 9.80. The molecule has 1 unspecified atom stereocenters. The van der Waals surface area contributed by atoms with Gasteiger partial charge in [0.05, 0.1) is 12.7 Å². The van der Waals surface area contributed by atoms with Crippen LogP contribution in [0, 0.1) is 5.92 Å². The Balaban J connectivity index is 2.25. The van der Waals surface area contributed by atoms with E-state index < -0.39 is 6.10 Å². The van der Waals surface area contributed by atoms with Gasteiger partial charge in [-0.15, -0.1) is 0 Å². The molecule has 0 aliphatic heterocycles. The van der Waals surface area contributed by atoms with Crippen molar-refractivity contribution in [2.75, 3.05) is 25.1 Å². The van der Waals surface area contributed by atoms with Crippen molar-refractivity contribution in [3.8, 4) is 0 Å². The molecule has 0 spiro atoms. The monoisotopic (exact) mass is 293 g/mol. The summed E-state index contributed by atoms with van der Waals surface area (Å²) in [6.07, 6.45) is 1.77. The summed E-state index contributed by atoms with van der Waals surface area (Å²) in [5, 5.41) is 13.3. The van der Waals surface area contributed by atoms with Crippen molar-refractivity contribution in [1.82, 2.24) is 0 Å². The fourth-order valence-corrected chi connectivity index (χ4v) is 2.26. The molecule has 0 heterocycles. The predicted octanol–water partition coefficient (Wildman–Crippen LogP) is 4.04. The number of ether oxygens (including phenoxy) is 1. The van der Waals surface area contributed by atoms with Gasteiger partial charge in [0.2, 0.25) is 0 Å². The smallest absolute Gasteiger partial charge is 0.0945 e. The van der Waals surface area contributed by atoms with Crippen molar-refractivity contribution in [1.29, 1.82) is 0 Å². The summed E-state index contributed by atoms with van der Waals surface area (Å²) in [5.74, 6) is 1.19. The SMILES string of the molecule is CC(C)CCCOCC(O)CNc1ccccc1C(C)C. The molecule has 3 nitrogen and oxygen atoms in total. The third-order valence-corrected chi connectivity index (χ3v) is 3.49. The minimum Gasteiger partial charge on any atom is -0.389 e. The largest absolute Gasteiger partial charge is 0.389 e. The fourth-order valence-electron chi connectivity index (χ4n) is 2.26. The van der Waals surface area contributed by atoms with Crippen LogP contribution in [0.25, 0.3) is 0 Å². The van der Waals surface area contributed by atoms with E-state index >= 15 is 0 Å². The van der Waals surface area contributed by atoms with Crippen LogP contribution in [-0.4, -0.2) is 31.0 Å². The second-order valence-corrected chi connectivity index (χ2v) is 6.39. The molecule has 0 bridgehead atoms. The summed E-state index contributed by atoms with van der Waals surface area (Å²) in [4.78, 5) is 0. The van der Waals surface area contributed by atoms with Crippen LogP contribution >= 0.6 is 0 Å². The number of benzene rings is 1. The van der Waals surface area contributed by atoms with Gasteiger partial charge in [0, 0.05) is 18.8 Å². The maximum Gasteiger partial charge on any atom is 0.0945 e. The lowest BCUT2D eigenvalue weighted by molar-refractivity contribution is 0.0409. The van der Waals surface area contributed by atoms with Crippen molar-refractivity contribution in [3.63, 3.8) is 0 Å². The summed E-state index contributed by atoms with van der Waals surface area (Å²) >= 11 is 0. The molecule has 0 fully saturated rings. The van der Waals surface area contributed by atoms with E-state index in [2.05, 4.69) is 51.2 Å². The number of nitrogens with one attached hydrogen (secondary N) is 1. The average Bonchev–Trinajstić information content (AvgIpc) is 2.44. The van der Waals surface area contributed by atoms with Crippen LogP contribution in [0.3, 0.4) is 0 Å². The minimum absolute atomic E-state index is 0.398. The Bertz CT molecular complexity index is 391. The Labute approximate surface area is 129 Å². The van der Waals surface area contributed by atoms with Gasteiger partial charge in [0.25, 0.3) is 0 Å². The number of aliphatic hydroxyl groups is 1. The molecule has 0 amide bonds. The van der Waals surface area contributed by atoms with Crippen molar-refractivity contribution in [2.24, 2.45) is 5.92 Å². The van der Waals surface area contributed by atoms with Crippen LogP contribution in [-0.2, 0) is 4.74 Å². The summed E-state index contributed by atoms with van der Waals surface area (Å²) in [5.41, 5.74) is 2.38. The summed E-state index contributed by atoms with van der Waals surface area (Å²) in [7, 11) is 0. The first-order valence-electron chi connectivity index (χ1n) is 8.09. The highest BCUT2D eigenvalue weighted by Gasteiger charge is 2.08. The quantitative estimate of drug-likeness (QED) is 0.640. The number of hydrogen-bond donors (Lipinski definition) is 2. The summed E-state index contributed by atoms with van der Waals surface area (Å²) in [6, 6.07) is 8.26. The first kappa shape index (κ1) is 18.0. The topological polar surface area (TPSA) is 41.5 Å². The average molecular weight is 293 g/mol. The third kappa shape index (κ3) is 7.49. The number of aliphatic hydroxyl groups excluding tert-OH is 1. The van der Waals surface area contributed by atoms with Crippen LogP contribution in [0.5, 0.6) is 0 Å². The van der Waals surface area contributed by atoms with E-state index in [0.717, 1.165) is 18.7 Å². The van der Waals surface area contributed by atoms with Crippen LogP contribution in [0.15, 0.2) is 24.3 Å². The van der Waals surface area contributed by atoms with Crippen molar-refractivity contribution in [3.05, 3.63) is 29.8 Å².